The molecule has 0 aliphatic rings. The van der Waals surface area contributed by atoms with Gasteiger partial charge in [0, 0.05) is 17.8 Å². The first-order valence-electron chi connectivity index (χ1n) is 5.11. The number of phenols is 1. The van der Waals surface area contributed by atoms with E-state index in [4.69, 9.17) is 4.74 Å². The maximum absolute atomic E-state index is 13.5. The summed E-state index contributed by atoms with van der Waals surface area (Å²) in [6, 6.07) is 6.31. The van der Waals surface area contributed by atoms with E-state index in [9.17, 15) is 9.50 Å². The third kappa shape index (κ3) is 2.20. The van der Waals surface area contributed by atoms with Gasteiger partial charge in [-0.2, -0.15) is 0 Å². The van der Waals surface area contributed by atoms with E-state index in [1.165, 1.54) is 26.2 Å². The van der Waals surface area contributed by atoms with Gasteiger partial charge in [-0.05, 0) is 36.2 Å². The molecule has 0 saturated heterocycles. The molecule has 0 unspecified atom stereocenters. The second-order valence-electron chi connectivity index (χ2n) is 3.69. The fourth-order valence-corrected chi connectivity index (χ4v) is 1.53. The maximum atomic E-state index is 13.5. The Morgan fingerprint density at radius 3 is 2.65 bits per heavy atom. The molecule has 0 spiro atoms. The largest absolute Gasteiger partial charge is 0.508 e. The Morgan fingerprint density at radius 1 is 1.24 bits per heavy atom. The number of rotatable bonds is 2. The van der Waals surface area contributed by atoms with E-state index in [2.05, 4.69) is 4.98 Å². The van der Waals surface area contributed by atoms with Crippen LogP contribution in [0.1, 0.15) is 5.56 Å². The highest BCUT2D eigenvalue weighted by molar-refractivity contribution is 5.66. The molecule has 0 radical (unpaired) electrons. The Balaban J connectivity index is 2.52. The van der Waals surface area contributed by atoms with Crippen molar-refractivity contribution in [3.63, 3.8) is 0 Å². The molecule has 0 fully saturated rings. The van der Waals surface area contributed by atoms with Gasteiger partial charge in [0.25, 0.3) is 0 Å². The van der Waals surface area contributed by atoms with E-state index in [0.717, 1.165) is 5.56 Å². The van der Waals surface area contributed by atoms with E-state index in [0.29, 0.717) is 11.4 Å². The summed E-state index contributed by atoms with van der Waals surface area (Å²) >= 11 is 0. The number of hydrogen-bond acceptors (Lipinski definition) is 3. The smallest absolute Gasteiger partial charge is 0.213 e. The number of methoxy groups -OCH3 is 1. The number of aromatic hydroxyl groups is 1. The van der Waals surface area contributed by atoms with Crippen molar-refractivity contribution in [2.75, 3.05) is 7.11 Å². The lowest BCUT2D eigenvalue weighted by Crippen LogP contribution is -1.89. The lowest BCUT2D eigenvalue weighted by molar-refractivity contribution is 0.398. The van der Waals surface area contributed by atoms with Crippen molar-refractivity contribution in [1.29, 1.82) is 0 Å². The minimum absolute atomic E-state index is 0.0595. The molecule has 0 aliphatic carbocycles. The van der Waals surface area contributed by atoms with Crippen LogP contribution in [-0.4, -0.2) is 17.2 Å². The van der Waals surface area contributed by atoms with E-state index < -0.39 is 5.82 Å². The summed E-state index contributed by atoms with van der Waals surface area (Å²) < 4.78 is 18.5. The molecule has 2 aromatic rings. The molecule has 1 N–H and O–H groups in total. The second kappa shape index (κ2) is 4.41. The van der Waals surface area contributed by atoms with Gasteiger partial charge in [0.1, 0.15) is 11.6 Å². The normalized spacial score (nSPS) is 10.3. The highest BCUT2D eigenvalue weighted by atomic mass is 19.1. The van der Waals surface area contributed by atoms with Gasteiger partial charge in [-0.15, -0.1) is 0 Å². The van der Waals surface area contributed by atoms with Crippen LogP contribution in [0.3, 0.4) is 0 Å². The van der Waals surface area contributed by atoms with E-state index in [1.54, 1.807) is 18.3 Å². The van der Waals surface area contributed by atoms with Gasteiger partial charge in [-0.1, -0.05) is 0 Å². The summed E-state index contributed by atoms with van der Waals surface area (Å²) in [6.45, 7) is 1.53. The summed E-state index contributed by atoms with van der Waals surface area (Å²) in [7, 11) is 1.51. The average Bonchev–Trinajstić information content (AvgIpc) is 2.35. The quantitative estimate of drug-likeness (QED) is 0.867. The van der Waals surface area contributed by atoms with Crippen LogP contribution < -0.4 is 4.74 Å². The number of hydrogen-bond donors (Lipinski definition) is 1. The van der Waals surface area contributed by atoms with Crippen LogP contribution in [0, 0.1) is 12.7 Å². The van der Waals surface area contributed by atoms with Gasteiger partial charge < -0.3 is 9.84 Å². The summed E-state index contributed by atoms with van der Waals surface area (Å²) in [5.74, 6) is -0.0467. The van der Waals surface area contributed by atoms with Crippen molar-refractivity contribution in [3.8, 4) is 22.8 Å². The van der Waals surface area contributed by atoms with Crippen LogP contribution in [0.15, 0.2) is 30.5 Å². The fourth-order valence-electron chi connectivity index (χ4n) is 1.53. The molecule has 1 aromatic carbocycles. The van der Waals surface area contributed by atoms with E-state index in [-0.39, 0.29) is 11.3 Å². The van der Waals surface area contributed by atoms with Crippen LogP contribution in [0.25, 0.3) is 11.1 Å². The monoisotopic (exact) mass is 233 g/mol. The standard InChI is InChI=1S/C13H12FNO2/c1-8-11(14)5-10(6-12(8)16)9-3-4-15-13(7-9)17-2/h3-7,16H,1-2H3. The fraction of sp³-hybridized carbons (Fsp3) is 0.154. The zero-order valence-electron chi connectivity index (χ0n) is 9.57. The molecule has 0 amide bonds. The Labute approximate surface area is 98.5 Å². The Bertz CT molecular complexity index is 532. The summed E-state index contributed by atoms with van der Waals surface area (Å²) in [5, 5.41) is 9.58. The van der Waals surface area contributed by atoms with Crippen LogP contribution in [-0.2, 0) is 0 Å². The van der Waals surface area contributed by atoms with Gasteiger partial charge in [-0.25, -0.2) is 9.37 Å². The Hall–Kier alpha value is -2.10. The zero-order chi connectivity index (χ0) is 12.4. The molecule has 88 valence electrons. The first kappa shape index (κ1) is 11.4. The molecule has 0 aliphatic heterocycles. The Morgan fingerprint density at radius 2 is 2.00 bits per heavy atom. The van der Waals surface area contributed by atoms with Crippen LogP contribution in [0.2, 0.25) is 0 Å². The number of benzene rings is 1. The van der Waals surface area contributed by atoms with Crippen molar-refractivity contribution < 1.29 is 14.2 Å². The first-order valence-corrected chi connectivity index (χ1v) is 5.11. The van der Waals surface area contributed by atoms with Crippen molar-refractivity contribution >= 4 is 0 Å². The molecule has 0 atom stereocenters. The van der Waals surface area contributed by atoms with E-state index in [1.807, 2.05) is 0 Å². The van der Waals surface area contributed by atoms with Crippen LogP contribution in [0.5, 0.6) is 11.6 Å². The molecular weight excluding hydrogens is 221 g/mol. The molecule has 1 aromatic heterocycles. The molecule has 1 heterocycles. The first-order chi connectivity index (χ1) is 8.11. The van der Waals surface area contributed by atoms with Crippen molar-refractivity contribution in [2.24, 2.45) is 0 Å². The number of halogens is 1. The van der Waals surface area contributed by atoms with Crippen LogP contribution >= 0.6 is 0 Å². The predicted molar refractivity (Wildman–Crippen MR) is 62.6 cm³/mol. The molecule has 3 nitrogen and oxygen atoms in total. The molecule has 0 saturated carbocycles. The molecular formula is C13H12FNO2. The molecule has 4 heteroatoms. The maximum Gasteiger partial charge on any atom is 0.213 e. The van der Waals surface area contributed by atoms with Crippen molar-refractivity contribution in [1.82, 2.24) is 4.98 Å². The van der Waals surface area contributed by atoms with Gasteiger partial charge in [-0.3, -0.25) is 0 Å². The molecule has 2 rings (SSSR count). The topological polar surface area (TPSA) is 42.4 Å². The zero-order valence-corrected chi connectivity index (χ0v) is 9.57. The number of ether oxygens (including phenoxy) is 1. The number of aromatic nitrogens is 1. The van der Waals surface area contributed by atoms with Crippen molar-refractivity contribution in [2.45, 2.75) is 6.92 Å². The van der Waals surface area contributed by atoms with Crippen molar-refractivity contribution in [3.05, 3.63) is 41.8 Å². The van der Waals surface area contributed by atoms with E-state index >= 15 is 0 Å². The lowest BCUT2D eigenvalue weighted by atomic mass is 10.0. The van der Waals surface area contributed by atoms with Gasteiger partial charge in [0.2, 0.25) is 5.88 Å². The lowest BCUT2D eigenvalue weighted by Gasteiger charge is -2.07. The minimum atomic E-state index is -0.434. The molecule has 17 heavy (non-hydrogen) atoms. The Kier molecular flexibility index (Phi) is 2.95. The van der Waals surface area contributed by atoms with Gasteiger partial charge >= 0.3 is 0 Å². The molecule has 0 bridgehead atoms. The average molecular weight is 233 g/mol. The second-order valence-corrected chi connectivity index (χ2v) is 3.69. The van der Waals surface area contributed by atoms with Gasteiger partial charge in [0.05, 0.1) is 7.11 Å². The SMILES string of the molecule is COc1cc(-c2cc(O)c(C)c(F)c2)ccn1. The predicted octanol–water partition coefficient (Wildman–Crippen LogP) is 2.91. The summed E-state index contributed by atoms with van der Waals surface area (Å²) in [4.78, 5) is 3.97. The van der Waals surface area contributed by atoms with Gasteiger partial charge in [0.15, 0.2) is 0 Å². The summed E-state index contributed by atoms with van der Waals surface area (Å²) in [5.41, 5.74) is 1.58. The number of pyridine rings is 1. The third-order valence-electron chi connectivity index (χ3n) is 2.59. The number of phenolic OH excluding ortho intramolecular Hbond substituents is 1. The summed E-state index contributed by atoms with van der Waals surface area (Å²) in [6.07, 6.45) is 1.57. The highest BCUT2D eigenvalue weighted by Gasteiger charge is 2.08. The highest BCUT2D eigenvalue weighted by Crippen LogP contribution is 2.29. The number of nitrogens with zero attached hydrogens (tertiary/aromatic N) is 1. The third-order valence-corrected chi connectivity index (χ3v) is 2.59. The minimum Gasteiger partial charge on any atom is -0.508 e. The van der Waals surface area contributed by atoms with Crippen LogP contribution in [0.4, 0.5) is 4.39 Å².